The van der Waals surface area contributed by atoms with Crippen molar-refractivity contribution in [2.24, 2.45) is 29.6 Å². The maximum Gasteiger partial charge on any atom is 0.305 e. The molecule has 45 heavy (non-hydrogen) atoms. The van der Waals surface area contributed by atoms with Crippen LogP contribution in [0.5, 0.6) is 5.75 Å². The third-order valence-corrected chi connectivity index (χ3v) is 12.4. The molecule has 3 aromatic carbocycles. The number of rotatable bonds is 6. The van der Waals surface area contributed by atoms with Crippen LogP contribution in [0.3, 0.4) is 0 Å². The van der Waals surface area contributed by atoms with Crippen LogP contribution in [0.4, 0.5) is 15.8 Å². The number of thioether (sulfide) groups is 1. The summed E-state index contributed by atoms with van der Waals surface area (Å²) in [5.41, 5.74) is 3.02. The molecule has 8 nitrogen and oxygen atoms in total. The number of carbonyl (C=O) groups is 3. The van der Waals surface area contributed by atoms with Gasteiger partial charge in [-0.15, -0.1) is 11.8 Å². The Bertz CT molecular complexity index is 1920. The van der Waals surface area contributed by atoms with Crippen LogP contribution in [0, 0.1) is 42.3 Å². The Labute approximate surface area is 266 Å². The molecule has 228 valence electrons. The first-order valence-electron chi connectivity index (χ1n) is 14.9. The highest BCUT2D eigenvalue weighted by Crippen LogP contribution is 2.68. The van der Waals surface area contributed by atoms with Crippen molar-refractivity contribution in [1.82, 2.24) is 4.98 Å². The highest BCUT2D eigenvalue weighted by atomic mass is 32.2. The number of hydrogen-bond donors (Lipinski definition) is 2. The average molecular weight is 642 g/mol. The Kier molecular flexibility index (Phi) is 6.72. The normalized spacial score (nSPS) is 27.7. The van der Waals surface area contributed by atoms with Crippen molar-refractivity contribution in [3.05, 3.63) is 104 Å². The summed E-state index contributed by atoms with van der Waals surface area (Å²) < 4.78 is 19.6. The molecule has 3 amide bonds. The number of H-pyrrole nitrogens is 1. The number of benzene rings is 3. The Balaban J connectivity index is 1.09. The molecule has 0 spiro atoms. The first kappa shape index (κ1) is 28.3. The number of halogens is 1. The van der Waals surface area contributed by atoms with Gasteiger partial charge in [0.1, 0.15) is 11.6 Å². The van der Waals surface area contributed by atoms with Gasteiger partial charge < -0.3 is 15.0 Å². The smallest absolute Gasteiger partial charge is 0.305 e. The van der Waals surface area contributed by atoms with Gasteiger partial charge in [0.15, 0.2) is 6.61 Å². The Hall–Kier alpha value is -4.22. The molecular formula is C34H28FN3O5S2. The minimum absolute atomic E-state index is 0.0183. The van der Waals surface area contributed by atoms with Crippen LogP contribution in [0.15, 0.2) is 82.6 Å². The Morgan fingerprint density at radius 1 is 1.00 bits per heavy atom. The molecule has 8 rings (SSSR count). The quantitative estimate of drug-likeness (QED) is 0.266. The van der Waals surface area contributed by atoms with Gasteiger partial charge in [0.05, 0.1) is 22.5 Å². The van der Waals surface area contributed by atoms with Gasteiger partial charge in [-0.25, -0.2) is 4.39 Å². The Morgan fingerprint density at radius 2 is 1.76 bits per heavy atom. The minimum Gasteiger partial charge on any atom is -0.484 e. The molecule has 7 atom stereocenters. The monoisotopic (exact) mass is 641 g/mol. The third kappa shape index (κ3) is 4.54. The molecule has 0 radical (unpaired) electrons. The minimum atomic E-state index is -0.460. The summed E-state index contributed by atoms with van der Waals surface area (Å²) in [7, 11) is 0. The van der Waals surface area contributed by atoms with Crippen LogP contribution in [-0.2, 0) is 14.4 Å². The number of anilines is 2. The standard InChI is InChI=1S/C34H28FN3O5S2/c1-16-5-2-3-8-23(16)36-24(39)15-43-20-7-4-6-17(13-20)25-26-21-14-22(29(26)44-31-30(25)45-34(42)37-31)28-27(21)32(40)38(33(28)41)19-11-9-18(35)10-12-19/h2-13,21-22,25-29H,14-15H2,1H3,(H,36,39)(H,37,42)/t21?,22?,25-,26?,27?,28?,29?/m1/s1. The van der Waals surface area contributed by atoms with Gasteiger partial charge in [0, 0.05) is 21.7 Å². The maximum absolute atomic E-state index is 13.9. The zero-order valence-corrected chi connectivity index (χ0v) is 25.7. The van der Waals surface area contributed by atoms with Crippen LogP contribution in [0.2, 0.25) is 0 Å². The lowest BCUT2D eigenvalue weighted by molar-refractivity contribution is -0.123. The number of aromatic amines is 1. The molecule has 6 unspecified atom stereocenters. The second kappa shape index (κ2) is 10.7. The molecule has 2 aliphatic heterocycles. The van der Waals surface area contributed by atoms with Crippen LogP contribution in [0.1, 0.15) is 28.3 Å². The summed E-state index contributed by atoms with van der Waals surface area (Å²) in [5, 5.41) is 3.74. The van der Waals surface area contributed by atoms with Gasteiger partial charge in [-0.05, 0) is 84.7 Å². The number of carbonyl (C=O) groups excluding carboxylic acids is 3. The van der Waals surface area contributed by atoms with Gasteiger partial charge in [-0.2, -0.15) is 0 Å². The fourth-order valence-corrected chi connectivity index (χ4v) is 11.0. The fraction of sp³-hybridized carbons (Fsp3) is 0.294. The molecule has 11 heteroatoms. The Morgan fingerprint density at radius 3 is 2.53 bits per heavy atom. The van der Waals surface area contributed by atoms with E-state index in [0.29, 0.717) is 11.4 Å². The first-order chi connectivity index (χ1) is 21.8. The number of aromatic nitrogens is 1. The molecule has 3 fully saturated rings. The number of hydrogen-bond acceptors (Lipinski definition) is 7. The molecule has 1 saturated heterocycles. The largest absolute Gasteiger partial charge is 0.484 e. The van der Waals surface area contributed by atoms with E-state index >= 15 is 0 Å². The van der Waals surface area contributed by atoms with E-state index in [1.165, 1.54) is 40.5 Å². The van der Waals surface area contributed by atoms with Gasteiger partial charge in [-0.3, -0.25) is 24.1 Å². The summed E-state index contributed by atoms with van der Waals surface area (Å²) >= 11 is 2.81. The molecule has 2 aliphatic carbocycles. The number of thiazole rings is 1. The zero-order valence-electron chi connectivity index (χ0n) is 24.1. The van der Waals surface area contributed by atoms with E-state index in [1.807, 2.05) is 49.4 Å². The van der Waals surface area contributed by atoms with Crippen LogP contribution in [-0.4, -0.2) is 34.6 Å². The average Bonchev–Trinajstić information content (AvgIpc) is 3.77. The van der Waals surface area contributed by atoms with Gasteiger partial charge >= 0.3 is 4.87 Å². The van der Waals surface area contributed by atoms with Crippen molar-refractivity contribution in [3.63, 3.8) is 0 Å². The van der Waals surface area contributed by atoms with E-state index in [0.717, 1.165) is 33.1 Å². The van der Waals surface area contributed by atoms with Crippen LogP contribution >= 0.6 is 23.1 Å². The molecular weight excluding hydrogens is 614 g/mol. The van der Waals surface area contributed by atoms with E-state index in [1.54, 1.807) is 17.8 Å². The predicted octanol–water partition coefficient (Wildman–Crippen LogP) is 5.58. The summed E-state index contributed by atoms with van der Waals surface area (Å²) in [4.78, 5) is 58.0. The van der Waals surface area contributed by atoms with Crippen molar-refractivity contribution in [1.29, 1.82) is 0 Å². The number of fused-ring (bicyclic) bond motifs is 9. The number of imide groups is 1. The second-order valence-corrected chi connectivity index (χ2v) is 14.4. The number of aryl methyl sites for hydroxylation is 1. The van der Waals surface area contributed by atoms with E-state index in [4.69, 9.17) is 4.74 Å². The van der Waals surface area contributed by atoms with Crippen LogP contribution in [0.25, 0.3) is 0 Å². The number of ether oxygens (including phenoxy) is 1. The summed E-state index contributed by atoms with van der Waals surface area (Å²) in [6, 6.07) is 20.6. The number of para-hydroxylation sites is 1. The lowest BCUT2D eigenvalue weighted by atomic mass is 9.68. The van der Waals surface area contributed by atoms with Crippen molar-refractivity contribution in [2.45, 2.75) is 29.5 Å². The third-order valence-electron chi connectivity index (χ3n) is 9.82. The lowest BCUT2D eigenvalue weighted by Gasteiger charge is -2.43. The van der Waals surface area contributed by atoms with Gasteiger partial charge in [-0.1, -0.05) is 41.7 Å². The summed E-state index contributed by atoms with van der Waals surface area (Å²) in [6.07, 6.45) is 0.761. The lowest BCUT2D eigenvalue weighted by Crippen LogP contribution is -2.42. The van der Waals surface area contributed by atoms with E-state index < -0.39 is 17.7 Å². The summed E-state index contributed by atoms with van der Waals surface area (Å²) in [5.74, 6) is -1.76. The highest BCUT2D eigenvalue weighted by Gasteiger charge is 2.69. The topological polar surface area (TPSA) is 109 Å². The SMILES string of the molecule is Cc1ccccc1NC(=O)COc1cccc([C@H]2c3sc(=O)[nH]c3SC3C4CC(C5C(=O)N(c6ccc(F)cc6)C(=O)C45)C32)c1. The van der Waals surface area contributed by atoms with E-state index in [-0.39, 0.29) is 58.1 Å². The molecule has 1 aromatic heterocycles. The fourth-order valence-electron chi connectivity index (χ4n) is 8.08. The molecule has 4 aromatic rings. The molecule has 2 bridgehead atoms. The number of nitrogens with one attached hydrogen (secondary N) is 2. The predicted molar refractivity (Wildman–Crippen MR) is 169 cm³/mol. The second-order valence-electron chi connectivity index (χ2n) is 12.2. The van der Waals surface area contributed by atoms with Crippen molar-refractivity contribution >= 4 is 52.2 Å². The van der Waals surface area contributed by atoms with Gasteiger partial charge in [0.25, 0.3) is 5.91 Å². The first-order valence-corrected chi connectivity index (χ1v) is 16.6. The van der Waals surface area contributed by atoms with Crippen molar-refractivity contribution in [2.75, 3.05) is 16.8 Å². The van der Waals surface area contributed by atoms with Crippen LogP contribution < -0.4 is 19.8 Å². The van der Waals surface area contributed by atoms with Crippen molar-refractivity contribution in [3.8, 4) is 5.75 Å². The molecule has 2 N–H and O–H groups in total. The van der Waals surface area contributed by atoms with E-state index in [9.17, 15) is 23.6 Å². The highest BCUT2D eigenvalue weighted by molar-refractivity contribution is 8.00. The molecule has 3 heterocycles. The van der Waals surface area contributed by atoms with E-state index in [2.05, 4.69) is 10.3 Å². The number of nitrogens with zero attached hydrogens (tertiary/aromatic N) is 1. The summed E-state index contributed by atoms with van der Waals surface area (Å²) in [6.45, 7) is 1.75. The van der Waals surface area contributed by atoms with Crippen molar-refractivity contribution < 1.29 is 23.5 Å². The maximum atomic E-state index is 13.9. The molecule has 4 aliphatic rings. The molecule has 2 saturated carbocycles. The zero-order chi connectivity index (χ0) is 31.0. The number of amides is 3. The van der Waals surface area contributed by atoms with Gasteiger partial charge in [0.2, 0.25) is 11.8 Å².